The Morgan fingerprint density at radius 1 is 1.25 bits per heavy atom. The largest absolute Gasteiger partial charge is 0.312 e. The molecule has 0 bridgehead atoms. The predicted molar refractivity (Wildman–Crippen MR) is 87.0 cm³/mol. The number of fused-ring (bicyclic) bond motifs is 1. The number of nitro benzene ring substituents is 1. The molecule has 7 nitrogen and oxygen atoms in total. The van der Waals surface area contributed by atoms with Gasteiger partial charge in [0.05, 0.1) is 10.6 Å². The average Bonchev–Trinajstić information content (AvgIpc) is 3.03. The minimum atomic E-state index is -0.479. The molecule has 1 aromatic heterocycles. The Morgan fingerprint density at radius 2 is 2.08 bits per heavy atom. The second-order valence-electron chi connectivity index (χ2n) is 5.53. The fraction of sp³-hybridized carbons (Fsp3) is 0.235. The molecule has 0 fully saturated rings. The van der Waals surface area contributed by atoms with Crippen molar-refractivity contribution >= 4 is 23.1 Å². The Bertz CT molecular complexity index is 805. The molecule has 0 spiro atoms. The molecule has 1 aromatic carbocycles. The maximum absolute atomic E-state index is 12.4. The van der Waals surface area contributed by atoms with Crippen molar-refractivity contribution in [1.29, 1.82) is 0 Å². The standard InChI is InChI=1S/C17H15N3O4/c21-16(13-2-1-8-18-11-13)5-6-17(22)19-9-7-12-3-4-14(20(23)24)10-15(12)19/h1-4,8,10-11H,5-7,9H2. The lowest BCUT2D eigenvalue weighted by atomic mass is 10.1. The minimum absolute atomic E-state index is 0.0418. The Kier molecular flexibility index (Phi) is 4.33. The monoisotopic (exact) mass is 325 g/mol. The Balaban J connectivity index is 1.68. The maximum Gasteiger partial charge on any atom is 0.271 e. The SMILES string of the molecule is O=C(CCC(=O)N1CCc2ccc([N+](=O)[O-])cc21)c1cccnc1. The van der Waals surface area contributed by atoms with Crippen LogP contribution < -0.4 is 4.90 Å². The summed E-state index contributed by atoms with van der Waals surface area (Å²) in [7, 11) is 0. The van der Waals surface area contributed by atoms with Gasteiger partial charge in [0.2, 0.25) is 5.91 Å². The van der Waals surface area contributed by atoms with E-state index in [1.54, 1.807) is 24.4 Å². The maximum atomic E-state index is 12.4. The van der Waals surface area contributed by atoms with Crippen LogP contribution >= 0.6 is 0 Å². The van der Waals surface area contributed by atoms with Crippen LogP contribution in [0.3, 0.4) is 0 Å². The van der Waals surface area contributed by atoms with Gasteiger partial charge < -0.3 is 4.90 Å². The van der Waals surface area contributed by atoms with Gasteiger partial charge >= 0.3 is 0 Å². The molecule has 0 aliphatic carbocycles. The first-order chi connectivity index (χ1) is 11.6. The first-order valence-corrected chi connectivity index (χ1v) is 7.57. The highest BCUT2D eigenvalue weighted by molar-refractivity contribution is 6.01. The van der Waals surface area contributed by atoms with Crippen molar-refractivity contribution in [2.24, 2.45) is 0 Å². The van der Waals surface area contributed by atoms with Gasteiger partial charge in [-0.1, -0.05) is 6.07 Å². The normalized spacial score (nSPS) is 12.8. The summed E-state index contributed by atoms with van der Waals surface area (Å²) in [5.41, 5.74) is 1.92. The van der Waals surface area contributed by atoms with E-state index in [9.17, 15) is 19.7 Å². The molecule has 0 saturated heterocycles. The smallest absolute Gasteiger partial charge is 0.271 e. The van der Waals surface area contributed by atoms with Crippen LogP contribution in [0.5, 0.6) is 0 Å². The third-order valence-corrected chi connectivity index (χ3v) is 4.03. The number of amides is 1. The van der Waals surface area contributed by atoms with Crippen LogP contribution in [0.2, 0.25) is 0 Å². The summed E-state index contributed by atoms with van der Waals surface area (Å²) in [4.78, 5) is 40.3. The number of nitrogens with zero attached hydrogens (tertiary/aromatic N) is 3. The number of Topliss-reactive ketones (excluding diaryl/α,β-unsaturated/α-hetero) is 1. The number of carbonyl (C=O) groups is 2. The van der Waals surface area contributed by atoms with Crippen molar-refractivity contribution < 1.29 is 14.5 Å². The highest BCUT2D eigenvalue weighted by atomic mass is 16.6. The Hall–Kier alpha value is -3.09. The molecule has 1 aliphatic heterocycles. The number of carbonyl (C=O) groups excluding carboxylic acids is 2. The molecule has 7 heteroatoms. The quantitative estimate of drug-likeness (QED) is 0.478. The van der Waals surface area contributed by atoms with Crippen LogP contribution in [0.15, 0.2) is 42.7 Å². The third kappa shape index (κ3) is 3.15. The number of rotatable bonds is 5. The van der Waals surface area contributed by atoms with E-state index >= 15 is 0 Å². The van der Waals surface area contributed by atoms with Crippen LogP contribution in [0.1, 0.15) is 28.8 Å². The van der Waals surface area contributed by atoms with Gasteiger partial charge in [-0.3, -0.25) is 24.7 Å². The molecule has 122 valence electrons. The highest BCUT2D eigenvalue weighted by Crippen LogP contribution is 2.32. The second kappa shape index (κ2) is 6.57. The summed E-state index contributed by atoms with van der Waals surface area (Å²) >= 11 is 0. The van der Waals surface area contributed by atoms with E-state index in [1.807, 2.05) is 0 Å². The first kappa shape index (κ1) is 15.8. The number of pyridine rings is 1. The van der Waals surface area contributed by atoms with Gasteiger partial charge in [-0.15, -0.1) is 0 Å². The van der Waals surface area contributed by atoms with Gasteiger partial charge in [0, 0.05) is 49.5 Å². The zero-order chi connectivity index (χ0) is 17.1. The molecule has 2 heterocycles. The van der Waals surface area contributed by atoms with E-state index in [1.165, 1.54) is 23.2 Å². The first-order valence-electron chi connectivity index (χ1n) is 7.57. The van der Waals surface area contributed by atoms with Crippen molar-refractivity contribution in [2.45, 2.75) is 19.3 Å². The van der Waals surface area contributed by atoms with Crippen LogP contribution in [-0.2, 0) is 11.2 Å². The van der Waals surface area contributed by atoms with Gasteiger partial charge in [-0.25, -0.2) is 0 Å². The van der Waals surface area contributed by atoms with Gasteiger partial charge in [-0.05, 0) is 24.1 Å². The lowest BCUT2D eigenvalue weighted by molar-refractivity contribution is -0.384. The van der Waals surface area contributed by atoms with E-state index in [0.717, 1.165) is 5.56 Å². The number of non-ortho nitro benzene ring substituents is 1. The minimum Gasteiger partial charge on any atom is -0.312 e. The molecule has 0 saturated carbocycles. The molecule has 2 aromatic rings. The van der Waals surface area contributed by atoms with Crippen molar-refractivity contribution in [3.05, 3.63) is 64.0 Å². The van der Waals surface area contributed by atoms with E-state index in [-0.39, 0.29) is 30.2 Å². The lowest BCUT2D eigenvalue weighted by Gasteiger charge is -2.17. The summed E-state index contributed by atoms with van der Waals surface area (Å²) in [6, 6.07) is 7.88. The molecule has 1 amide bonds. The average molecular weight is 325 g/mol. The molecule has 1 aliphatic rings. The molecule has 24 heavy (non-hydrogen) atoms. The fourth-order valence-electron chi connectivity index (χ4n) is 2.77. The fourth-order valence-corrected chi connectivity index (χ4v) is 2.77. The number of hydrogen-bond donors (Lipinski definition) is 0. The number of hydrogen-bond acceptors (Lipinski definition) is 5. The number of nitro groups is 1. The van der Waals surface area contributed by atoms with Gasteiger partial charge in [-0.2, -0.15) is 0 Å². The number of anilines is 1. The van der Waals surface area contributed by atoms with Crippen LogP contribution in [0.4, 0.5) is 11.4 Å². The highest BCUT2D eigenvalue weighted by Gasteiger charge is 2.26. The van der Waals surface area contributed by atoms with Gasteiger partial charge in [0.25, 0.3) is 5.69 Å². The number of aromatic nitrogens is 1. The van der Waals surface area contributed by atoms with Crippen LogP contribution in [0.25, 0.3) is 0 Å². The van der Waals surface area contributed by atoms with Crippen molar-refractivity contribution in [3.8, 4) is 0 Å². The van der Waals surface area contributed by atoms with E-state index in [0.29, 0.717) is 24.2 Å². The molecule has 0 atom stereocenters. The van der Waals surface area contributed by atoms with Crippen molar-refractivity contribution in [1.82, 2.24) is 4.98 Å². The Labute approximate surface area is 138 Å². The summed E-state index contributed by atoms with van der Waals surface area (Å²) in [5, 5.41) is 10.9. The summed E-state index contributed by atoms with van der Waals surface area (Å²) in [5.74, 6) is -0.346. The number of benzene rings is 1. The molecular formula is C17H15N3O4. The van der Waals surface area contributed by atoms with Crippen LogP contribution in [0, 0.1) is 10.1 Å². The predicted octanol–water partition coefficient (Wildman–Crippen LogP) is 2.54. The van der Waals surface area contributed by atoms with E-state index in [2.05, 4.69) is 4.98 Å². The molecule has 0 unspecified atom stereocenters. The summed E-state index contributed by atoms with van der Waals surface area (Å²) in [6.07, 6.45) is 3.87. The van der Waals surface area contributed by atoms with E-state index < -0.39 is 4.92 Å². The zero-order valence-corrected chi connectivity index (χ0v) is 12.8. The van der Waals surface area contributed by atoms with Gasteiger partial charge in [0.1, 0.15) is 0 Å². The molecular weight excluding hydrogens is 310 g/mol. The number of ketones is 1. The van der Waals surface area contributed by atoms with Crippen molar-refractivity contribution in [3.63, 3.8) is 0 Å². The second-order valence-corrected chi connectivity index (χ2v) is 5.53. The Morgan fingerprint density at radius 3 is 2.79 bits per heavy atom. The molecule has 0 N–H and O–H groups in total. The van der Waals surface area contributed by atoms with Gasteiger partial charge in [0.15, 0.2) is 5.78 Å². The summed E-state index contributed by atoms with van der Waals surface area (Å²) < 4.78 is 0. The van der Waals surface area contributed by atoms with E-state index in [4.69, 9.17) is 0 Å². The third-order valence-electron chi connectivity index (χ3n) is 4.03. The van der Waals surface area contributed by atoms with Crippen molar-refractivity contribution in [2.75, 3.05) is 11.4 Å². The zero-order valence-electron chi connectivity index (χ0n) is 12.8. The topological polar surface area (TPSA) is 93.4 Å². The van der Waals surface area contributed by atoms with Crippen LogP contribution in [-0.4, -0.2) is 28.1 Å². The molecule has 0 radical (unpaired) electrons. The summed E-state index contributed by atoms with van der Waals surface area (Å²) in [6.45, 7) is 0.483. The lowest BCUT2D eigenvalue weighted by Crippen LogP contribution is -2.29. The molecule has 3 rings (SSSR count).